The van der Waals surface area contributed by atoms with Crippen LogP contribution in [0.3, 0.4) is 0 Å². The fourth-order valence-corrected chi connectivity index (χ4v) is 5.79. The standard InChI is InChI=1S/C15H16NO2PS2/c1-4-8-5-10-12(20-8)13-11(6-9(21-13)7-19-3)15(18)16(2)14(10)17/h5-6,19H,4,7H2,1-3H3. The molecule has 0 saturated heterocycles. The summed E-state index contributed by atoms with van der Waals surface area (Å²) < 4.78 is 3.20. The lowest BCUT2D eigenvalue weighted by Gasteiger charge is -1.89. The molecule has 0 bridgehead atoms. The summed E-state index contributed by atoms with van der Waals surface area (Å²) in [7, 11) is 2.40. The van der Waals surface area contributed by atoms with Crippen molar-refractivity contribution in [2.24, 2.45) is 7.05 Å². The third-order valence-electron chi connectivity index (χ3n) is 3.54. The number of thiophene rings is 2. The molecule has 0 amide bonds. The van der Waals surface area contributed by atoms with Crippen LogP contribution in [0.2, 0.25) is 0 Å². The first-order valence-corrected chi connectivity index (χ1v) is 10.1. The van der Waals surface area contributed by atoms with Gasteiger partial charge in [-0.05, 0) is 31.4 Å². The molecule has 1 unspecified atom stereocenters. The topological polar surface area (TPSA) is 39.1 Å². The van der Waals surface area contributed by atoms with Crippen molar-refractivity contribution in [1.29, 1.82) is 0 Å². The minimum absolute atomic E-state index is 0.182. The summed E-state index contributed by atoms with van der Waals surface area (Å²) in [6.07, 6.45) is 1.91. The first-order valence-electron chi connectivity index (χ1n) is 6.79. The van der Waals surface area contributed by atoms with Gasteiger partial charge in [0.15, 0.2) is 0 Å². The summed E-state index contributed by atoms with van der Waals surface area (Å²) >= 11 is 3.31. The molecule has 0 saturated carbocycles. The van der Waals surface area contributed by atoms with E-state index >= 15 is 0 Å². The number of aromatic nitrogens is 1. The van der Waals surface area contributed by atoms with Gasteiger partial charge in [0.2, 0.25) is 0 Å². The molecule has 0 aliphatic rings. The van der Waals surface area contributed by atoms with Crippen molar-refractivity contribution < 1.29 is 0 Å². The van der Waals surface area contributed by atoms with Gasteiger partial charge in [0, 0.05) is 16.8 Å². The Morgan fingerprint density at radius 2 is 1.57 bits per heavy atom. The highest BCUT2D eigenvalue weighted by Gasteiger charge is 2.14. The molecule has 3 rings (SSSR count). The number of nitrogens with zero attached hydrogens (tertiary/aromatic N) is 1. The summed E-state index contributed by atoms with van der Waals surface area (Å²) in [6.45, 7) is 4.25. The van der Waals surface area contributed by atoms with E-state index in [0.717, 1.165) is 30.6 Å². The van der Waals surface area contributed by atoms with E-state index in [0.29, 0.717) is 10.8 Å². The number of hydrogen-bond acceptors (Lipinski definition) is 4. The molecule has 0 N–H and O–H groups in total. The van der Waals surface area contributed by atoms with E-state index in [-0.39, 0.29) is 11.1 Å². The predicted octanol–water partition coefficient (Wildman–Crippen LogP) is 3.55. The highest BCUT2D eigenvalue weighted by Crippen LogP contribution is 2.35. The van der Waals surface area contributed by atoms with Crippen molar-refractivity contribution in [3.63, 3.8) is 0 Å². The number of rotatable bonds is 3. The highest BCUT2D eigenvalue weighted by molar-refractivity contribution is 7.37. The Labute approximate surface area is 132 Å². The largest absolute Gasteiger partial charge is 0.277 e. The van der Waals surface area contributed by atoms with Gasteiger partial charge < -0.3 is 0 Å². The van der Waals surface area contributed by atoms with Crippen molar-refractivity contribution in [3.05, 3.63) is 42.6 Å². The Morgan fingerprint density at radius 3 is 2.10 bits per heavy atom. The minimum atomic E-state index is -0.187. The van der Waals surface area contributed by atoms with E-state index < -0.39 is 0 Å². The second-order valence-electron chi connectivity index (χ2n) is 4.96. The molecule has 3 aromatic heterocycles. The fraction of sp³-hybridized carbons (Fsp3) is 0.333. The van der Waals surface area contributed by atoms with Gasteiger partial charge in [-0.25, -0.2) is 0 Å². The van der Waals surface area contributed by atoms with Gasteiger partial charge >= 0.3 is 0 Å². The molecule has 110 valence electrons. The molecule has 3 nitrogen and oxygen atoms in total. The van der Waals surface area contributed by atoms with Crippen LogP contribution in [0, 0.1) is 0 Å². The van der Waals surface area contributed by atoms with Crippen LogP contribution in [-0.2, 0) is 19.6 Å². The molecule has 0 fully saturated rings. The van der Waals surface area contributed by atoms with Gasteiger partial charge in [0.25, 0.3) is 11.1 Å². The Bertz CT molecular complexity index is 952. The second kappa shape index (κ2) is 5.64. The summed E-state index contributed by atoms with van der Waals surface area (Å²) in [5.41, 5.74) is -0.369. The molecule has 0 radical (unpaired) electrons. The van der Waals surface area contributed by atoms with Gasteiger partial charge in [0.05, 0.1) is 20.2 Å². The maximum atomic E-state index is 12.5. The molecule has 6 heteroatoms. The maximum Gasteiger partial charge on any atom is 0.261 e. The molecule has 3 heterocycles. The number of hydrogen-bond donors (Lipinski definition) is 0. The average Bonchev–Trinajstić information content (AvgIpc) is 3.07. The monoisotopic (exact) mass is 337 g/mol. The smallest absolute Gasteiger partial charge is 0.261 e. The highest BCUT2D eigenvalue weighted by atomic mass is 32.1. The lowest BCUT2D eigenvalue weighted by molar-refractivity contribution is 0.845. The van der Waals surface area contributed by atoms with Crippen molar-refractivity contribution in [1.82, 2.24) is 4.57 Å². The zero-order chi connectivity index (χ0) is 15.1. The van der Waals surface area contributed by atoms with E-state index in [4.69, 9.17) is 0 Å². The Morgan fingerprint density at radius 1 is 1.05 bits per heavy atom. The molecular weight excluding hydrogens is 321 g/mol. The van der Waals surface area contributed by atoms with Crippen molar-refractivity contribution in [2.45, 2.75) is 19.5 Å². The van der Waals surface area contributed by atoms with Crippen LogP contribution in [0.25, 0.3) is 20.2 Å². The molecular formula is C15H16NO2PS2. The van der Waals surface area contributed by atoms with Crippen molar-refractivity contribution in [2.75, 3.05) is 6.66 Å². The number of fused-ring (bicyclic) bond motifs is 3. The van der Waals surface area contributed by atoms with Gasteiger partial charge in [-0.1, -0.05) is 6.92 Å². The first-order chi connectivity index (χ1) is 10.1. The second-order valence-corrected chi connectivity index (χ2v) is 8.30. The number of aryl methyl sites for hydroxylation is 1. The van der Waals surface area contributed by atoms with Gasteiger partial charge in [-0.3, -0.25) is 14.2 Å². The van der Waals surface area contributed by atoms with Crippen LogP contribution in [0.15, 0.2) is 21.7 Å². The summed E-state index contributed by atoms with van der Waals surface area (Å²) in [5, 5.41) is 1.37. The molecule has 0 aliphatic carbocycles. The minimum Gasteiger partial charge on any atom is -0.277 e. The molecule has 0 aliphatic heterocycles. The lowest BCUT2D eigenvalue weighted by atomic mass is 10.3. The molecule has 0 spiro atoms. The molecule has 0 aromatic carbocycles. The third-order valence-corrected chi connectivity index (χ3v) is 7.11. The van der Waals surface area contributed by atoms with Crippen LogP contribution in [0.1, 0.15) is 16.7 Å². The van der Waals surface area contributed by atoms with Gasteiger partial charge in [-0.15, -0.1) is 31.3 Å². The average molecular weight is 337 g/mol. The molecule has 3 aromatic rings. The van der Waals surface area contributed by atoms with Crippen molar-refractivity contribution >= 4 is 51.4 Å². The van der Waals surface area contributed by atoms with Gasteiger partial charge in [0.1, 0.15) is 0 Å². The van der Waals surface area contributed by atoms with Gasteiger partial charge in [-0.2, -0.15) is 0 Å². The van der Waals surface area contributed by atoms with Crippen LogP contribution in [0.5, 0.6) is 0 Å². The van der Waals surface area contributed by atoms with Crippen molar-refractivity contribution in [3.8, 4) is 0 Å². The Kier molecular flexibility index (Phi) is 4.00. The van der Waals surface area contributed by atoms with E-state index in [9.17, 15) is 9.59 Å². The molecule has 21 heavy (non-hydrogen) atoms. The summed E-state index contributed by atoms with van der Waals surface area (Å²) in [5.74, 6) is 0. The maximum absolute atomic E-state index is 12.5. The zero-order valence-electron chi connectivity index (χ0n) is 12.1. The van der Waals surface area contributed by atoms with Crippen LogP contribution in [0.4, 0.5) is 0 Å². The predicted molar refractivity (Wildman–Crippen MR) is 96.0 cm³/mol. The van der Waals surface area contributed by atoms with Crippen LogP contribution >= 0.6 is 31.3 Å². The van der Waals surface area contributed by atoms with E-state index in [1.165, 1.54) is 14.3 Å². The Balaban J connectivity index is 2.56. The van der Waals surface area contributed by atoms with E-state index in [1.54, 1.807) is 29.7 Å². The normalized spacial score (nSPS) is 12.1. The summed E-state index contributed by atoms with van der Waals surface area (Å²) in [6, 6.07) is 3.92. The van der Waals surface area contributed by atoms with Crippen LogP contribution in [-0.4, -0.2) is 11.2 Å². The Hall–Kier alpha value is -1.03. The SMILES string of the molecule is CCc1cc2c(=O)n(C)c(=O)c3cc(CPC)sc3c2s1. The fourth-order valence-electron chi connectivity index (χ4n) is 2.43. The zero-order valence-corrected chi connectivity index (χ0v) is 14.8. The molecule has 1 atom stereocenters. The van der Waals surface area contributed by atoms with E-state index in [2.05, 4.69) is 13.6 Å². The summed E-state index contributed by atoms with van der Waals surface area (Å²) in [4.78, 5) is 27.4. The first kappa shape index (κ1) is 14.9. The van der Waals surface area contributed by atoms with Crippen LogP contribution < -0.4 is 11.1 Å². The third kappa shape index (κ3) is 2.37. The lowest BCUT2D eigenvalue weighted by Crippen LogP contribution is -2.26. The van der Waals surface area contributed by atoms with E-state index in [1.807, 2.05) is 12.1 Å². The quantitative estimate of drug-likeness (QED) is 0.686.